The molecule has 1 fully saturated rings. The fourth-order valence-electron chi connectivity index (χ4n) is 3.73. The number of carbonyl (C=O) groups excluding carboxylic acids is 1. The van der Waals surface area contributed by atoms with Gasteiger partial charge in [-0.2, -0.15) is 0 Å². The van der Waals surface area contributed by atoms with E-state index < -0.39 is 5.97 Å². The monoisotopic (exact) mass is 462 g/mol. The summed E-state index contributed by atoms with van der Waals surface area (Å²) in [5.41, 5.74) is 1.19. The first-order valence-corrected chi connectivity index (χ1v) is 11.3. The maximum absolute atomic E-state index is 12.1. The molecule has 174 valence electrons. The van der Waals surface area contributed by atoms with E-state index in [1.165, 1.54) is 7.11 Å². The number of halogens is 1. The van der Waals surface area contributed by atoms with Crippen LogP contribution >= 0.6 is 11.6 Å². The SMILES string of the molecule is CCCCOc1cc(CN(c2cc(C(=O)OC)nc(Cl)n2)C2CCNCC2)ccc1OC. The van der Waals surface area contributed by atoms with Gasteiger partial charge in [0.05, 0.1) is 20.8 Å². The first kappa shape index (κ1) is 24.1. The number of nitrogens with one attached hydrogen (secondary N) is 1. The van der Waals surface area contributed by atoms with Crippen molar-refractivity contribution in [1.29, 1.82) is 0 Å². The smallest absolute Gasteiger partial charge is 0.356 e. The van der Waals surface area contributed by atoms with Crippen molar-refractivity contribution in [3.05, 3.63) is 40.8 Å². The molecule has 1 saturated heterocycles. The highest BCUT2D eigenvalue weighted by Gasteiger charge is 2.25. The number of carbonyl (C=O) groups is 1. The third-order valence-corrected chi connectivity index (χ3v) is 5.63. The van der Waals surface area contributed by atoms with Crippen LogP contribution in [0.4, 0.5) is 5.82 Å². The molecule has 0 aliphatic carbocycles. The first-order chi connectivity index (χ1) is 15.5. The van der Waals surface area contributed by atoms with E-state index in [9.17, 15) is 4.79 Å². The van der Waals surface area contributed by atoms with Gasteiger partial charge in [0.25, 0.3) is 0 Å². The average Bonchev–Trinajstić information content (AvgIpc) is 2.82. The Morgan fingerprint density at radius 2 is 1.97 bits per heavy atom. The molecule has 1 aliphatic heterocycles. The molecule has 1 aromatic carbocycles. The van der Waals surface area contributed by atoms with Gasteiger partial charge in [-0.25, -0.2) is 14.8 Å². The highest BCUT2D eigenvalue weighted by Crippen LogP contribution is 2.31. The molecule has 1 N–H and O–H groups in total. The Balaban J connectivity index is 1.93. The van der Waals surface area contributed by atoms with Crippen molar-refractivity contribution < 1.29 is 19.0 Å². The van der Waals surface area contributed by atoms with Crippen LogP contribution in [0.3, 0.4) is 0 Å². The fraction of sp³-hybridized carbons (Fsp3) is 0.522. The lowest BCUT2D eigenvalue weighted by molar-refractivity contribution is 0.0594. The summed E-state index contributed by atoms with van der Waals surface area (Å²) in [5, 5.41) is 3.41. The van der Waals surface area contributed by atoms with Crippen LogP contribution in [0, 0.1) is 0 Å². The molecule has 0 unspecified atom stereocenters. The number of aromatic nitrogens is 2. The second-order valence-corrected chi connectivity index (χ2v) is 8.01. The Bertz CT molecular complexity index is 906. The van der Waals surface area contributed by atoms with Crippen molar-refractivity contribution in [3.63, 3.8) is 0 Å². The van der Waals surface area contributed by atoms with Gasteiger partial charge in [0, 0.05) is 18.7 Å². The summed E-state index contributed by atoms with van der Waals surface area (Å²) in [6, 6.07) is 7.82. The zero-order valence-electron chi connectivity index (χ0n) is 18.9. The molecule has 0 spiro atoms. The molecule has 0 saturated carbocycles. The van der Waals surface area contributed by atoms with Gasteiger partial charge in [0.1, 0.15) is 5.82 Å². The molecule has 8 nitrogen and oxygen atoms in total. The maximum atomic E-state index is 12.1. The number of hydrogen-bond acceptors (Lipinski definition) is 8. The van der Waals surface area contributed by atoms with Crippen LogP contribution in [0.1, 0.15) is 48.7 Å². The average molecular weight is 463 g/mol. The molecule has 3 rings (SSSR count). The molecule has 2 heterocycles. The second kappa shape index (κ2) is 11.9. The largest absolute Gasteiger partial charge is 0.493 e. The van der Waals surface area contributed by atoms with Crippen LogP contribution in [0.25, 0.3) is 0 Å². The van der Waals surface area contributed by atoms with Crippen molar-refractivity contribution in [2.75, 3.05) is 38.8 Å². The van der Waals surface area contributed by atoms with Gasteiger partial charge in [0.15, 0.2) is 17.2 Å². The zero-order chi connectivity index (χ0) is 22.9. The Morgan fingerprint density at radius 1 is 1.19 bits per heavy atom. The van der Waals surface area contributed by atoms with E-state index in [0.717, 1.165) is 50.1 Å². The summed E-state index contributed by atoms with van der Waals surface area (Å²) >= 11 is 6.17. The Hall–Kier alpha value is -2.58. The van der Waals surface area contributed by atoms with Crippen LogP contribution in [-0.4, -0.2) is 55.9 Å². The molecule has 0 radical (unpaired) electrons. The van der Waals surface area contributed by atoms with Crippen LogP contribution in [0.5, 0.6) is 11.5 Å². The fourth-order valence-corrected chi connectivity index (χ4v) is 3.91. The third kappa shape index (κ3) is 6.23. The third-order valence-electron chi connectivity index (χ3n) is 5.46. The number of benzene rings is 1. The number of rotatable bonds is 10. The van der Waals surface area contributed by atoms with E-state index >= 15 is 0 Å². The summed E-state index contributed by atoms with van der Waals surface area (Å²) < 4.78 is 16.3. The van der Waals surface area contributed by atoms with Gasteiger partial charge in [-0.05, 0) is 61.6 Å². The molecule has 2 aromatic rings. The summed E-state index contributed by atoms with van der Waals surface area (Å²) in [6.07, 6.45) is 3.93. The predicted octanol–water partition coefficient (Wildman–Crippen LogP) is 3.86. The quantitative estimate of drug-likeness (QED) is 0.323. The van der Waals surface area contributed by atoms with E-state index in [4.69, 9.17) is 25.8 Å². The van der Waals surface area contributed by atoms with E-state index in [1.54, 1.807) is 13.2 Å². The standard InChI is InChI=1S/C23H31ClN4O4/c1-4-5-12-32-20-13-16(6-7-19(20)30-2)15-28(17-8-10-25-11-9-17)21-14-18(22(29)31-3)26-23(24)27-21/h6-7,13-14,17,25H,4-5,8-12,15H2,1-3H3. The topological polar surface area (TPSA) is 85.8 Å². The maximum Gasteiger partial charge on any atom is 0.356 e. The molecule has 0 amide bonds. The zero-order valence-corrected chi connectivity index (χ0v) is 19.7. The minimum Gasteiger partial charge on any atom is -0.493 e. The van der Waals surface area contributed by atoms with Gasteiger partial charge in [0.2, 0.25) is 5.28 Å². The molecule has 1 aromatic heterocycles. The molecule has 9 heteroatoms. The van der Waals surface area contributed by atoms with Crippen LogP contribution < -0.4 is 19.7 Å². The van der Waals surface area contributed by atoms with Crippen molar-refractivity contribution >= 4 is 23.4 Å². The minimum absolute atomic E-state index is 0.0140. The molecule has 0 atom stereocenters. The summed E-state index contributed by atoms with van der Waals surface area (Å²) in [7, 11) is 2.96. The summed E-state index contributed by atoms with van der Waals surface area (Å²) in [5.74, 6) is 1.48. The Kier molecular flexibility index (Phi) is 8.93. The molecule has 1 aliphatic rings. The van der Waals surface area contributed by atoms with Gasteiger partial charge >= 0.3 is 5.97 Å². The number of nitrogens with zero attached hydrogens (tertiary/aromatic N) is 3. The second-order valence-electron chi connectivity index (χ2n) is 7.67. The summed E-state index contributed by atoms with van der Waals surface area (Å²) in [4.78, 5) is 22.7. The highest BCUT2D eigenvalue weighted by atomic mass is 35.5. The van der Waals surface area contributed by atoms with Crippen LogP contribution in [0.2, 0.25) is 5.28 Å². The predicted molar refractivity (Wildman–Crippen MR) is 124 cm³/mol. The van der Waals surface area contributed by atoms with Crippen molar-refractivity contribution in [2.24, 2.45) is 0 Å². The van der Waals surface area contributed by atoms with Crippen molar-refractivity contribution in [1.82, 2.24) is 15.3 Å². The van der Waals surface area contributed by atoms with E-state index in [1.807, 2.05) is 18.2 Å². The van der Waals surface area contributed by atoms with E-state index in [2.05, 4.69) is 27.1 Å². The van der Waals surface area contributed by atoms with Crippen LogP contribution in [-0.2, 0) is 11.3 Å². The normalized spacial score (nSPS) is 14.1. The van der Waals surface area contributed by atoms with E-state index in [0.29, 0.717) is 24.7 Å². The Labute approximate surface area is 194 Å². The Morgan fingerprint density at radius 3 is 2.66 bits per heavy atom. The van der Waals surface area contributed by atoms with Crippen molar-refractivity contribution in [2.45, 2.75) is 45.2 Å². The molecular weight excluding hydrogens is 432 g/mol. The number of piperidine rings is 1. The van der Waals surface area contributed by atoms with Gasteiger partial charge in [-0.3, -0.25) is 0 Å². The highest BCUT2D eigenvalue weighted by molar-refractivity contribution is 6.28. The first-order valence-electron chi connectivity index (χ1n) is 11.0. The molecule has 0 bridgehead atoms. The van der Waals surface area contributed by atoms with Gasteiger partial charge in [-0.1, -0.05) is 19.4 Å². The lowest BCUT2D eigenvalue weighted by Crippen LogP contribution is -2.43. The number of unbranched alkanes of at least 4 members (excludes halogenated alkanes) is 1. The lowest BCUT2D eigenvalue weighted by atomic mass is 10.0. The van der Waals surface area contributed by atoms with Gasteiger partial charge in [-0.15, -0.1) is 0 Å². The number of hydrogen-bond donors (Lipinski definition) is 1. The van der Waals surface area contributed by atoms with Crippen LogP contribution in [0.15, 0.2) is 24.3 Å². The number of esters is 1. The van der Waals surface area contributed by atoms with Gasteiger partial charge < -0.3 is 24.4 Å². The van der Waals surface area contributed by atoms with Crippen molar-refractivity contribution in [3.8, 4) is 11.5 Å². The molecular formula is C23H31ClN4O4. The number of anilines is 1. The molecule has 32 heavy (non-hydrogen) atoms. The number of ether oxygens (including phenoxy) is 3. The van der Waals surface area contributed by atoms with E-state index in [-0.39, 0.29) is 17.0 Å². The lowest BCUT2D eigenvalue weighted by Gasteiger charge is -2.36. The summed E-state index contributed by atoms with van der Waals surface area (Å²) in [6.45, 7) is 5.17. The number of methoxy groups -OCH3 is 2. The minimum atomic E-state index is -0.545.